The van der Waals surface area contributed by atoms with Gasteiger partial charge >= 0.3 is 12.2 Å². The lowest BCUT2D eigenvalue weighted by atomic mass is 10.2. The van der Waals surface area contributed by atoms with E-state index in [1.165, 1.54) is 24.3 Å². The summed E-state index contributed by atoms with van der Waals surface area (Å²) in [5, 5.41) is 17.9. The molecule has 0 spiro atoms. The van der Waals surface area contributed by atoms with Gasteiger partial charge in [-0.2, -0.15) is 18.3 Å². The molecule has 3 N–H and O–H groups in total. The zero-order chi connectivity index (χ0) is 17.7. The predicted molar refractivity (Wildman–Crippen MR) is 81.9 cm³/mol. The van der Waals surface area contributed by atoms with Crippen LogP contribution in [-0.2, 0) is 6.18 Å². The first kappa shape index (κ1) is 17.8. The highest BCUT2D eigenvalue weighted by Gasteiger charge is 2.35. The third-order valence-electron chi connectivity index (χ3n) is 3.15. The molecule has 2 aromatic rings. The Labute approximate surface area is 136 Å². The molecule has 1 aromatic heterocycles. The molecule has 9 heteroatoms. The maximum absolute atomic E-state index is 12.8. The molecule has 0 radical (unpaired) electrons. The van der Waals surface area contributed by atoms with E-state index in [9.17, 15) is 18.0 Å². The zero-order valence-electron chi connectivity index (χ0n) is 12.8. The van der Waals surface area contributed by atoms with E-state index in [2.05, 4.69) is 15.7 Å². The van der Waals surface area contributed by atoms with E-state index in [1.54, 1.807) is 6.92 Å². The van der Waals surface area contributed by atoms with Crippen molar-refractivity contribution in [2.45, 2.75) is 25.6 Å². The summed E-state index contributed by atoms with van der Waals surface area (Å²) in [6.07, 6.45) is -3.52. The van der Waals surface area contributed by atoms with E-state index >= 15 is 0 Å². The fourth-order valence-corrected chi connectivity index (χ4v) is 1.98. The van der Waals surface area contributed by atoms with Crippen molar-refractivity contribution in [1.82, 2.24) is 15.1 Å². The number of aromatic nitrogens is 2. The maximum Gasteiger partial charge on any atom is 0.433 e. The van der Waals surface area contributed by atoms with E-state index in [1.807, 2.05) is 0 Å². The summed E-state index contributed by atoms with van der Waals surface area (Å²) in [5.74, 6) is 0. The number of nitrogens with zero attached hydrogens (tertiary/aromatic N) is 2. The highest BCUT2D eigenvalue weighted by atomic mass is 19.4. The smallest absolute Gasteiger partial charge is 0.393 e. The number of halogens is 3. The summed E-state index contributed by atoms with van der Waals surface area (Å²) in [6, 6.07) is 6.23. The maximum atomic E-state index is 12.8. The minimum Gasteiger partial charge on any atom is -0.393 e. The number of urea groups is 1. The van der Waals surface area contributed by atoms with Crippen LogP contribution >= 0.6 is 0 Å². The van der Waals surface area contributed by atoms with Crippen LogP contribution in [0.25, 0.3) is 5.69 Å². The average Bonchev–Trinajstić information content (AvgIpc) is 2.97. The Morgan fingerprint density at radius 3 is 2.54 bits per heavy atom. The Bertz CT molecular complexity index is 681. The topological polar surface area (TPSA) is 79.2 Å². The van der Waals surface area contributed by atoms with Crippen molar-refractivity contribution < 1.29 is 23.1 Å². The number of anilines is 1. The molecular weight excluding hydrogens is 325 g/mol. The Balaban J connectivity index is 2.01. The molecule has 2 amide bonds. The predicted octanol–water partition coefficient (Wildman–Crippen LogP) is 2.78. The lowest BCUT2D eigenvalue weighted by Gasteiger charge is -2.12. The third kappa shape index (κ3) is 4.72. The number of alkyl halides is 3. The van der Waals surface area contributed by atoms with Crippen molar-refractivity contribution in [1.29, 1.82) is 0 Å². The molecular formula is C15H17F3N4O2. The zero-order valence-corrected chi connectivity index (χ0v) is 12.8. The van der Waals surface area contributed by atoms with Gasteiger partial charge in [0.1, 0.15) is 5.69 Å². The largest absolute Gasteiger partial charge is 0.433 e. The molecule has 0 saturated carbocycles. The highest BCUT2D eigenvalue weighted by molar-refractivity contribution is 5.89. The lowest BCUT2D eigenvalue weighted by Crippen LogP contribution is -2.30. The second kappa shape index (κ2) is 7.35. The van der Waals surface area contributed by atoms with Gasteiger partial charge < -0.3 is 15.7 Å². The fraction of sp³-hybridized carbons (Fsp3) is 0.333. The van der Waals surface area contributed by atoms with Gasteiger partial charge in [0.2, 0.25) is 0 Å². The van der Waals surface area contributed by atoms with E-state index < -0.39 is 24.0 Å². The Hall–Kier alpha value is -2.55. The minimum atomic E-state index is -4.50. The average molecular weight is 342 g/mol. The van der Waals surface area contributed by atoms with Crippen LogP contribution in [0.15, 0.2) is 36.5 Å². The SMILES string of the molecule is CC(O)CCNC(=O)Nc1ccc(-n2nccc2C(F)(F)F)cc1. The standard InChI is InChI=1S/C15H17F3N4O2/c1-10(23)6-8-19-14(24)21-11-2-4-12(5-3-11)22-13(7-9-20-22)15(16,17)18/h2-5,7,9-10,23H,6,8H2,1H3,(H2,19,21,24). The molecule has 1 unspecified atom stereocenters. The van der Waals surface area contributed by atoms with Gasteiger partial charge in [0.05, 0.1) is 18.0 Å². The van der Waals surface area contributed by atoms with Gasteiger partial charge in [0, 0.05) is 12.2 Å². The molecule has 0 saturated heterocycles. The first-order valence-corrected chi connectivity index (χ1v) is 7.22. The van der Waals surface area contributed by atoms with Gasteiger partial charge in [0.25, 0.3) is 0 Å². The normalized spacial score (nSPS) is 12.7. The van der Waals surface area contributed by atoms with Gasteiger partial charge in [-0.3, -0.25) is 0 Å². The molecule has 0 aliphatic carbocycles. The van der Waals surface area contributed by atoms with Crippen LogP contribution in [0.5, 0.6) is 0 Å². The Morgan fingerprint density at radius 1 is 1.29 bits per heavy atom. The Kier molecular flexibility index (Phi) is 5.45. The van der Waals surface area contributed by atoms with Crippen LogP contribution in [0.4, 0.5) is 23.7 Å². The molecule has 1 aromatic carbocycles. The molecule has 2 rings (SSSR count). The number of aliphatic hydroxyl groups is 1. The van der Waals surface area contributed by atoms with Crippen LogP contribution in [0.3, 0.4) is 0 Å². The van der Waals surface area contributed by atoms with Gasteiger partial charge in [-0.15, -0.1) is 0 Å². The highest BCUT2D eigenvalue weighted by Crippen LogP contribution is 2.30. The number of carbonyl (C=O) groups is 1. The number of rotatable bonds is 5. The summed E-state index contributed by atoms with van der Waals surface area (Å²) in [7, 11) is 0. The summed E-state index contributed by atoms with van der Waals surface area (Å²) in [5.41, 5.74) is -0.222. The monoisotopic (exact) mass is 342 g/mol. The molecule has 130 valence electrons. The quantitative estimate of drug-likeness (QED) is 0.782. The van der Waals surface area contributed by atoms with Crippen LogP contribution in [0.1, 0.15) is 19.0 Å². The number of carbonyl (C=O) groups excluding carboxylic acids is 1. The molecule has 1 atom stereocenters. The summed E-state index contributed by atoms with van der Waals surface area (Å²) < 4.78 is 39.3. The number of hydrogen-bond donors (Lipinski definition) is 3. The number of amides is 2. The van der Waals surface area contributed by atoms with Crippen LogP contribution in [0.2, 0.25) is 0 Å². The number of nitrogens with one attached hydrogen (secondary N) is 2. The lowest BCUT2D eigenvalue weighted by molar-refractivity contribution is -0.142. The fourth-order valence-electron chi connectivity index (χ4n) is 1.98. The van der Waals surface area contributed by atoms with Gasteiger partial charge in [-0.25, -0.2) is 9.48 Å². The van der Waals surface area contributed by atoms with Crippen LogP contribution < -0.4 is 10.6 Å². The summed E-state index contributed by atoms with van der Waals surface area (Å²) >= 11 is 0. The third-order valence-corrected chi connectivity index (χ3v) is 3.15. The molecule has 0 aliphatic rings. The van der Waals surface area contributed by atoms with Crippen molar-refractivity contribution in [2.24, 2.45) is 0 Å². The Morgan fingerprint density at radius 2 is 1.96 bits per heavy atom. The number of aliphatic hydroxyl groups excluding tert-OH is 1. The van der Waals surface area contributed by atoms with Gasteiger partial charge in [0.15, 0.2) is 0 Å². The van der Waals surface area contributed by atoms with Crippen molar-refractivity contribution in [3.8, 4) is 5.69 Å². The number of benzene rings is 1. The molecule has 0 fully saturated rings. The molecule has 0 bridgehead atoms. The van der Waals surface area contributed by atoms with Crippen LogP contribution in [0, 0.1) is 0 Å². The first-order valence-electron chi connectivity index (χ1n) is 7.22. The summed E-state index contributed by atoms with van der Waals surface area (Å²) in [4.78, 5) is 11.6. The van der Waals surface area contributed by atoms with E-state index in [4.69, 9.17) is 5.11 Å². The van der Waals surface area contributed by atoms with Crippen molar-refractivity contribution in [2.75, 3.05) is 11.9 Å². The van der Waals surface area contributed by atoms with Crippen molar-refractivity contribution in [3.05, 3.63) is 42.2 Å². The minimum absolute atomic E-state index is 0.229. The number of hydrogen-bond acceptors (Lipinski definition) is 3. The molecule has 0 aliphatic heterocycles. The van der Waals surface area contributed by atoms with Crippen LogP contribution in [-0.4, -0.2) is 33.6 Å². The van der Waals surface area contributed by atoms with E-state index in [0.717, 1.165) is 16.9 Å². The van der Waals surface area contributed by atoms with Gasteiger partial charge in [-0.05, 0) is 43.7 Å². The first-order chi connectivity index (χ1) is 11.3. The van der Waals surface area contributed by atoms with Crippen molar-refractivity contribution >= 4 is 11.7 Å². The van der Waals surface area contributed by atoms with Gasteiger partial charge in [-0.1, -0.05) is 0 Å². The summed E-state index contributed by atoms with van der Waals surface area (Å²) in [6.45, 7) is 1.92. The van der Waals surface area contributed by atoms with E-state index in [-0.39, 0.29) is 5.69 Å². The molecule has 6 nitrogen and oxygen atoms in total. The van der Waals surface area contributed by atoms with Crippen molar-refractivity contribution in [3.63, 3.8) is 0 Å². The molecule has 24 heavy (non-hydrogen) atoms. The second-order valence-electron chi connectivity index (χ2n) is 5.19. The van der Waals surface area contributed by atoms with E-state index in [0.29, 0.717) is 18.7 Å². The molecule has 1 heterocycles. The second-order valence-corrected chi connectivity index (χ2v) is 5.19.